The number of hydrogen-bond acceptors (Lipinski definition) is 4. The molecule has 2 fully saturated rings. The van der Waals surface area contributed by atoms with Crippen LogP contribution in [0.2, 0.25) is 0 Å². The van der Waals surface area contributed by atoms with Crippen LogP contribution in [0.5, 0.6) is 0 Å². The molecule has 0 aromatic rings. The van der Waals surface area contributed by atoms with Crippen molar-refractivity contribution in [2.24, 2.45) is 5.73 Å². The Hall–Kier alpha value is -0.650. The lowest BCUT2D eigenvalue weighted by atomic mass is 10.0. The SMILES string of the molecule is CN1CCC(N(C)C(CN)CC(=O)N2CCCC2)CC1. The first kappa shape index (κ1) is 15.7. The van der Waals surface area contributed by atoms with E-state index in [4.69, 9.17) is 5.73 Å². The first-order chi connectivity index (χ1) is 9.61. The summed E-state index contributed by atoms with van der Waals surface area (Å²) >= 11 is 0. The maximum absolute atomic E-state index is 12.3. The molecule has 2 heterocycles. The van der Waals surface area contributed by atoms with Gasteiger partial charge < -0.3 is 15.5 Å². The summed E-state index contributed by atoms with van der Waals surface area (Å²) in [6.45, 7) is 4.74. The van der Waals surface area contributed by atoms with Gasteiger partial charge in [0.1, 0.15) is 0 Å². The first-order valence-corrected chi connectivity index (χ1v) is 8.00. The zero-order valence-corrected chi connectivity index (χ0v) is 13.1. The number of piperidine rings is 1. The molecule has 0 aliphatic carbocycles. The number of carbonyl (C=O) groups excluding carboxylic acids is 1. The van der Waals surface area contributed by atoms with Crippen LogP contribution in [0.1, 0.15) is 32.1 Å². The number of nitrogens with zero attached hydrogens (tertiary/aromatic N) is 3. The topological polar surface area (TPSA) is 52.8 Å². The fraction of sp³-hybridized carbons (Fsp3) is 0.933. The lowest BCUT2D eigenvalue weighted by Crippen LogP contribution is -2.50. The number of hydrogen-bond donors (Lipinski definition) is 1. The van der Waals surface area contributed by atoms with Crippen LogP contribution >= 0.6 is 0 Å². The van der Waals surface area contributed by atoms with Crippen molar-refractivity contribution in [1.82, 2.24) is 14.7 Å². The summed E-state index contributed by atoms with van der Waals surface area (Å²) in [5.41, 5.74) is 5.93. The Morgan fingerprint density at radius 3 is 2.40 bits per heavy atom. The normalized spacial score (nSPS) is 23.5. The predicted molar refractivity (Wildman–Crippen MR) is 81.6 cm³/mol. The lowest BCUT2D eigenvalue weighted by molar-refractivity contribution is -0.131. The monoisotopic (exact) mass is 282 g/mol. The molecular formula is C15H30N4O. The zero-order valence-electron chi connectivity index (χ0n) is 13.1. The Morgan fingerprint density at radius 2 is 1.85 bits per heavy atom. The summed E-state index contributed by atoms with van der Waals surface area (Å²) in [6, 6.07) is 0.766. The van der Waals surface area contributed by atoms with E-state index in [0.29, 0.717) is 19.0 Å². The van der Waals surface area contributed by atoms with Crippen molar-refractivity contribution in [2.45, 2.75) is 44.2 Å². The molecule has 5 nitrogen and oxygen atoms in total. The molecule has 20 heavy (non-hydrogen) atoms. The maximum Gasteiger partial charge on any atom is 0.224 e. The number of likely N-dealkylation sites (tertiary alicyclic amines) is 2. The molecule has 0 bridgehead atoms. The first-order valence-electron chi connectivity index (χ1n) is 8.00. The van der Waals surface area contributed by atoms with Crippen LogP contribution in [0.3, 0.4) is 0 Å². The highest BCUT2D eigenvalue weighted by atomic mass is 16.2. The van der Waals surface area contributed by atoms with Gasteiger partial charge in [-0.15, -0.1) is 0 Å². The van der Waals surface area contributed by atoms with E-state index in [1.165, 1.54) is 12.8 Å². The Labute approximate surface area is 123 Å². The molecule has 2 aliphatic heterocycles. The van der Waals surface area contributed by atoms with E-state index in [2.05, 4.69) is 23.9 Å². The van der Waals surface area contributed by atoms with E-state index in [-0.39, 0.29) is 11.9 Å². The van der Waals surface area contributed by atoms with Crippen LogP contribution in [0.15, 0.2) is 0 Å². The minimum Gasteiger partial charge on any atom is -0.343 e. The quantitative estimate of drug-likeness (QED) is 0.791. The van der Waals surface area contributed by atoms with Crippen molar-refractivity contribution >= 4 is 5.91 Å². The van der Waals surface area contributed by atoms with Gasteiger partial charge in [0.25, 0.3) is 0 Å². The third-order valence-corrected chi connectivity index (χ3v) is 4.98. The fourth-order valence-corrected chi connectivity index (χ4v) is 3.39. The molecule has 2 saturated heterocycles. The fourth-order valence-electron chi connectivity index (χ4n) is 3.39. The molecule has 0 aromatic carbocycles. The molecule has 1 unspecified atom stereocenters. The minimum atomic E-state index is 0.191. The van der Waals surface area contributed by atoms with Crippen molar-refractivity contribution in [1.29, 1.82) is 0 Å². The Bertz CT molecular complexity index is 309. The summed E-state index contributed by atoms with van der Waals surface area (Å²) in [5.74, 6) is 0.290. The highest BCUT2D eigenvalue weighted by Crippen LogP contribution is 2.19. The molecule has 1 atom stereocenters. The van der Waals surface area contributed by atoms with Gasteiger partial charge in [-0.25, -0.2) is 0 Å². The lowest BCUT2D eigenvalue weighted by Gasteiger charge is -2.39. The molecule has 0 radical (unpaired) electrons. The van der Waals surface area contributed by atoms with Gasteiger partial charge >= 0.3 is 0 Å². The van der Waals surface area contributed by atoms with Gasteiger partial charge in [0.15, 0.2) is 0 Å². The molecule has 2 aliphatic rings. The minimum absolute atomic E-state index is 0.191. The third kappa shape index (κ3) is 3.93. The predicted octanol–water partition coefficient (Wildman–Crippen LogP) is 0.352. The largest absolute Gasteiger partial charge is 0.343 e. The van der Waals surface area contributed by atoms with Gasteiger partial charge in [0.05, 0.1) is 0 Å². The smallest absolute Gasteiger partial charge is 0.224 e. The van der Waals surface area contributed by atoms with Gasteiger partial charge in [0, 0.05) is 38.1 Å². The molecule has 1 amide bonds. The molecule has 5 heteroatoms. The molecule has 2 rings (SSSR count). The summed E-state index contributed by atoms with van der Waals surface area (Å²) in [6.07, 6.45) is 5.26. The van der Waals surface area contributed by atoms with Crippen LogP contribution in [0.4, 0.5) is 0 Å². The second-order valence-corrected chi connectivity index (χ2v) is 6.38. The second kappa shape index (κ2) is 7.38. The molecule has 0 saturated carbocycles. The number of carbonyl (C=O) groups is 1. The zero-order chi connectivity index (χ0) is 14.5. The van der Waals surface area contributed by atoms with Gasteiger partial charge in [-0.1, -0.05) is 0 Å². The van der Waals surface area contributed by atoms with Crippen LogP contribution in [0.25, 0.3) is 0 Å². The van der Waals surface area contributed by atoms with E-state index < -0.39 is 0 Å². The van der Waals surface area contributed by atoms with Crippen molar-refractivity contribution < 1.29 is 4.79 Å². The Morgan fingerprint density at radius 1 is 1.25 bits per heavy atom. The van der Waals surface area contributed by atoms with Gasteiger partial charge in [-0.05, 0) is 52.9 Å². The summed E-state index contributed by atoms with van der Waals surface area (Å²) in [7, 11) is 4.32. The van der Waals surface area contributed by atoms with Crippen LogP contribution in [0, 0.1) is 0 Å². The maximum atomic E-state index is 12.3. The van der Waals surface area contributed by atoms with Gasteiger partial charge in [-0.2, -0.15) is 0 Å². The van der Waals surface area contributed by atoms with E-state index in [1.54, 1.807) is 0 Å². The third-order valence-electron chi connectivity index (χ3n) is 4.98. The summed E-state index contributed by atoms with van der Waals surface area (Å²) < 4.78 is 0. The average Bonchev–Trinajstić information content (AvgIpc) is 2.99. The van der Waals surface area contributed by atoms with Gasteiger partial charge in [-0.3, -0.25) is 9.69 Å². The number of likely N-dealkylation sites (N-methyl/N-ethyl adjacent to an activating group) is 1. The van der Waals surface area contributed by atoms with Crippen molar-refractivity contribution in [3.8, 4) is 0 Å². The second-order valence-electron chi connectivity index (χ2n) is 6.38. The number of amides is 1. The van der Waals surface area contributed by atoms with Crippen molar-refractivity contribution in [3.63, 3.8) is 0 Å². The van der Waals surface area contributed by atoms with Crippen LogP contribution < -0.4 is 5.73 Å². The molecule has 2 N–H and O–H groups in total. The Balaban J connectivity index is 1.85. The van der Waals surface area contributed by atoms with Crippen molar-refractivity contribution in [2.75, 3.05) is 46.8 Å². The highest BCUT2D eigenvalue weighted by Gasteiger charge is 2.28. The van der Waals surface area contributed by atoms with Gasteiger partial charge in [0.2, 0.25) is 5.91 Å². The molecule has 0 aromatic heterocycles. The van der Waals surface area contributed by atoms with E-state index in [1.807, 2.05) is 4.90 Å². The summed E-state index contributed by atoms with van der Waals surface area (Å²) in [4.78, 5) is 19.0. The highest BCUT2D eigenvalue weighted by molar-refractivity contribution is 5.77. The number of nitrogens with two attached hydrogens (primary N) is 1. The Kier molecular flexibility index (Phi) is 5.81. The number of rotatable bonds is 5. The standard InChI is InChI=1S/C15H30N4O/c1-17-9-5-13(6-10-17)18(2)14(12-16)11-15(20)19-7-3-4-8-19/h13-14H,3-12,16H2,1-2H3. The molecular weight excluding hydrogens is 252 g/mol. The average molecular weight is 282 g/mol. The van der Waals surface area contributed by atoms with Crippen molar-refractivity contribution in [3.05, 3.63) is 0 Å². The van der Waals surface area contributed by atoms with E-state index in [0.717, 1.165) is 39.0 Å². The van der Waals surface area contributed by atoms with E-state index in [9.17, 15) is 4.79 Å². The van der Waals surface area contributed by atoms with E-state index >= 15 is 0 Å². The molecule has 0 spiro atoms. The van der Waals surface area contributed by atoms with Crippen LogP contribution in [-0.2, 0) is 4.79 Å². The molecule has 116 valence electrons. The van der Waals surface area contributed by atoms with Crippen LogP contribution in [-0.4, -0.2) is 79.5 Å². The summed E-state index contributed by atoms with van der Waals surface area (Å²) in [5, 5.41) is 0.